The fourth-order valence-corrected chi connectivity index (χ4v) is 9.57. The SMILES string of the molecule is C/C=C\C(=C/N)n1c2ccc(-c3cc(C)c(C)c(C)c3)cc2c2cc3c(cc21)-c1ccc2c4cc(-c5cc(C)c(C)c(C)c5)ccc4n(C(/C=C\C)=C/N)c2c1CC3. The summed E-state index contributed by atoms with van der Waals surface area (Å²) in [5, 5.41) is 4.95. The van der Waals surface area contributed by atoms with Gasteiger partial charge in [-0.25, -0.2) is 0 Å². The largest absolute Gasteiger partial charge is 0.403 e. The summed E-state index contributed by atoms with van der Waals surface area (Å²) in [5.74, 6) is 0. The van der Waals surface area contributed by atoms with Gasteiger partial charge < -0.3 is 20.6 Å². The number of aryl methyl sites for hydroxylation is 6. The highest BCUT2D eigenvalue weighted by Gasteiger charge is 2.26. The number of hydrogen-bond donors (Lipinski definition) is 2. The van der Waals surface area contributed by atoms with Crippen LogP contribution in [0.5, 0.6) is 0 Å². The summed E-state index contributed by atoms with van der Waals surface area (Å²) in [6.07, 6.45) is 13.7. The Hall–Kier alpha value is -6.52. The first kappa shape index (κ1) is 37.1. The zero-order valence-electron chi connectivity index (χ0n) is 35.0. The molecular weight excluding hydrogens is 705 g/mol. The van der Waals surface area contributed by atoms with Crippen molar-refractivity contribution in [1.29, 1.82) is 0 Å². The second-order valence-electron chi connectivity index (χ2n) is 16.3. The summed E-state index contributed by atoms with van der Waals surface area (Å²) in [6.45, 7) is 17.3. The lowest BCUT2D eigenvalue weighted by Gasteiger charge is -2.23. The number of nitrogens with two attached hydrogens (primary N) is 2. The van der Waals surface area contributed by atoms with E-state index in [0.29, 0.717) is 0 Å². The molecule has 1 aliphatic carbocycles. The first-order chi connectivity index (χ1) is 28.1. The topological polar surface area (TPSA) is 61.9 Å². The van der Waals surface area contributed by atoms with Gasteiger partial charge in [-0.1, -0.05) is 60.7 Å². The molecule has 8 aromatic rings. The molecule has 0 unspecified atom stereocenters. The monoisotopic (exact) mass is 756 g/mol. The molecule has 2 aromatic heterocycles. The molecule has 58 heavy (non-hydrogen) atoms. The Balaban J connectivity index is 1.30. The van der Waals surface area contributed by atoms with E-state index >= 15 is 0 Å². The molecule has 4 heteroatoms. The smallest absolute Gasteiger partial charge is 0.0613 e. The van der Waals surface area contributed by atoms with Gasteiger partial charge in [0.1, 0.15) is 0 Å². The molecule has 1 aliphatic rings. The third kappa shape index (κ3) is 5.65. The Morgan fingerprint density at radius 1 is 0.483 bits per heavy atom. The predicted molar refractivity (Wildman–Crippen MR) is 251 cm³/mol. The molecule has 4 N–H and O–H groups in total. The quantitative estimate of drug-likeness (QED) is 0.166. The molecule has 0 radical (unpaired) electrons. The Morgan fingerprint density at radius 3 is 1.52 bits per heavy atom. The van der Waals surface area contributed by atoms with Crippen LogP contribution in [0.2, 0.25) is 0 Å². The van der Waals surface area contributed by atoms with Crippen molar-refractivity contribution in [2.45, 2.75) is 68.2 Å². The molecule has 0 atom stereocenters. The summed E-state index contributed by atoms with van der Waals surface area (Å²) in [5.41, 5.74) is 37.6. The zero-order chi connectivity index (χ0) is 40.6. The highest BCUT2D eigenvalue weighted by atomic mass is 15.0. The van der Waals surface area contributed by atoms with Gasteiger partial charge in [0.15, 0.2) is 0 Å². The lowest BCUT2D eigenvalue weighted by molar-refractivity contribution is 0.946. The number of benzene rings is 6. The van der Waals surface area contributed by atoms with Gasteiger partial charge in [-0.3, -0.25) is 0 Å². The van der Waals surface area contributed by atoms with Crippen molar-refractivity contribution in [3.8, 4) is 33.4 Å². The molecule has 6 aromatic carbocycles. The van der Waals surface area contributed by atoms with Crippen LogP contribution in [-0.4, -0.2) is 9.13 Å². The second-order valence-corrected chi connectivity index (χ2v) is 16.3. The van der Waals surface area contributed by atoms with Crippen LogP contribution >= 0.6 is 0 Å². The van der Waals surface area contributed by atoms with Crippen LogP contribution in [0.25, 0.3) is 88.4 Å². The zero-order valence-corrected chi connectivity index (χ0v) is 35.0. The fraction of sp³-hybridized carbons (Fsp3) is 0.185. The van der Waals surface area contributed by atoms with E-state index in [1.807, 2.05) is 6.92 Å². The van der Waals surface area contributed by atoms with Crippen molar-refractivity contribution in [2.75, 3.05) is 0 Å². The van der Waals surface area contributed by atoms with Crippen LogP contribution in [0.4, 0.5) is 0 Å². The van der Waals surface area contributed by atoms with E-state index in [1.165, 1.54) is 105 Å². The lowest BCUT2D eigenvalue weighted by Crippen LogP contribution is -2.08. The van der Waals surface area contributed by atoms with Crippen molar-refractivity contribution in [1.82, 2.24) is 9.13 Å². The number of aromatic nitrogens is 2. The van der Waals surface area contributed by atoms with Gasteiger partial charge in [-0.05, 0) is 195 Å². The van der Waals surface area contributed by atoms with E-state index in [4.69, 9.17) is 11.5 Å². The van der Waals surface area contributed by atoms with Crippen molar-refractivity contribution in [3.63, 3.8) is 0 Å². The molecular formula is C54H52N4. The van der Waals surface area contributed by atoms with Gasteiger partial charge in [0.05, 0.1) is 33.5 Å². The highest BCUT2D eigenvalue weighted by molar-refractivity contribution is 6.16. The third-order valence-corrected chi connectivity index (χ3v) is 13.0. The number of fused-ring (bicyclic) bond motifs is 10. The molecule has 0 bridgehead atoms. The van der Waals surface area contributed by atoms with E-state index in [9.17, 15) is 0 Å². The van der Waals surface area contributed by atoms with Crippen LogP contribution in [0.15, 0.2) is 122 Å². The van der Waals surface area contributed by atoms with Crippen molar-refractivity contribution >= 4 is 55.0 Å². The molecule has 0 spiro atoms. The van der Waals surface area contributed by atoms with Crippen LogP contribution in [0.3, 0.4) is 0 Å². The van der Waals surface area contributed by atoms with Gasteiger partial charge >= 0.3 is 0 Å². The number of rotatable bonds is 6. The standard InChI is InChI=1S/C54H52N4/c1-9-11-42(29-55)57-51-19-14-38(41-23-33(5)36(8)34(6)24-41)26-49(51)50-27-39-13-16-45-44(47(39)28-53(50)57)17-18-46-48-25-37(40-21-31(3)35(7)32(4)22-40)15-20-52(48)58(54(45)46)43(30-56)12-10-2/h9-12,14-15,17-30H,13,16,55-56H2,1-8H3/b11-9-,12-10-,42-29+,43-30+. The lowest BCUT2D eigenvalue weighted by atomic mass is 9.83. The first-order valence-electron chi connectivity index (χ1n) is 20.5. The van der Waals surface area contributed by atoms with Crippen molar-refractivity contribution in [3.05, 3.63) is 166 Å². The van der Waals surface area contributed by atoms with Crippen LogP contribution < -0.4 is 11.5 Å². The fourth-order valence-electron chi connectivity index (χ4n) is 9.57. The van der Waals surface area contributed by atoms with Crippen molar-refractivity contribution < 1.29 is 0 Å². The Morgan fingerprint density at radius 2 is 0.983 bits per heavy atom. The number of allylic oxidation sites excluding steroid dienone is 6. The van der Waals surface area contributed by atoms with E-state index in [1.54, 1.807) is 12.4 Å². The van der Waals surface area contributed by atoms with Gasteiger partial charge in [0.2, 0.25) is 0 Å². The van der Waals surface area contributed by atoms with Gasteiger partial charge in [0, 0.05) is 33.9 Å². The molecule has 0 fully saturated rings. The summed E-state index contributed by atoms with van der Waals surface area (Å²) in [7, 11) is 0. The molecule has 0 saturated heterocycles. The maximum absolute atomic E-state index is 6.45. The average molecular weight is 757 g/mol. The van der Waals surface area contributed by atoms with E-state index in [0.717, 1.165) is 40.8 Å². The van der Waals surface area contributed by atoms with Crippen LogP contribution in [0.1, 0.15) is 58.4 Å². The molecule has 4 nitrogen and oxygen atoms in total. The number of nitrogens with zero attached hydrogens (tertiary/aromatic N) is 2. The maximum Gasteiger partial charge on any atom is 0.0613 e. The second kappa shape index (κ2) is 14.1. The molecule has 9 rings (SSSR count). The molecule has 0 saturated carbocycles. The minimum Gasteiger partial charge on any atom is -0.403 e. The Bertz CT molecular complexity index is 3040. The van der Waals surface area contributed by atoms with Gasteiger partial charge in [-0.2, -0.15) is 0 Å². The number of hydrogen-bond acceptors (Lipinski definition) is 2. The average Bonchev–Trinajstić information content (AvgIpc) is 3.73. The van der Waals surface area contributed by atoms with Gasteiger partial charge in [-0.15, -0.1) is 0 Å². The minimum atomic E-state index is 0.927. The summed E-state index contributed by atoms with van der Waals surface area (Å²) in [4.78, 5) is 0. The van der Waals surface area contributed by atoms with E-state index < -0.39 is 0 Å². The van der Waals surface area contributed by atoms with Gasteiger partial charge in [0.25, 0.3) is 0 Å². The molecule has 0 amide bonds. The predicted octanol–water partition coefficient (Wildman–Crippen LogP) is 13.5. The third-order valence-electron chi connectivity index (χ3n) is 13.0. The Labute approximate surface area is 342 Å². The Kier molecular flexibility index (Phi) is 9.04. The van der Waals surface area contributed by atoms with Crippen molar-refractivity contribution in [2.24, 2.45) is 11.5 Å². The summed E-state index contributed by atoms with van der Waals surface area (Å²) < 4.78 is 4.72. The van der Waals surface area contributed by atoms with Crippen LogP contribution in [-0.2, 0) is 12.8 Å². The highest BCUT2D eigenvalue weighted by Crippen LogP contribution is 2.46. The normalized spacial score (nSPS) is 13.6. The molecule has 2 heterocycles. The first-order valence-corrected chi connectivity index (χ1v) is 20.5. The van der Waals surface area contributed by atoms with E-state index in [-0.39, 0.29) is 0 Å². The van der Waals surface area contributed by atoms with Crippen LogP contribution in [0, 0.1) is 41.5 Å². The van der Waals surface area contributed by atoms with E-state index in [2.05, 4.69) is 167 Å². The maximum atomic E-state index is 6.45. The molecule has 288 valence electrons. The molecule has 0 aliphatic heterocycles. The summed E-state index contributed by atoms with van der Waals surface area (Å²) >= 11 is 0. The summed E-state index contributed by atoms with van der Waals surface area (Å²) in [6, 6.07) is 32.7. The minimum absolute atomic E-state index is 0.927.